The van der Waals surface area contributed by atoms with Crippen molar-refractivity contribution in [2.75, 3.05) is 5.32 Å². The van der Waals surface area contributed by atoms with Crippen LogP contribution in [0.1, 0.15) is 16.8 Å². The van der Waals surface area contributed by atoms with Crippen molar-refractivity contribution in [3.63, 3.8) is 0 Å². The molecule has 0 saturated heterocycles. The van der Waals surface area contributed by atoms with E-state index in [1.807, 2.05) is 32.3 Å². The third kappa shape index (κ3) is 2.63. The Hall–Kier alpha value is -1.99. The van der Waals surface area contributed by atoms with Gasteiger partial charge in [-0.25, -0.2) is 4.98 Å². The highest BCUT2D eigenvalue weighted by molar-refractivity contribution is 6.31. The number of aromatic nitrogens is 2. The molecule has 0 spiro atoms. The fourth-order valence-electron chi connectivity index (χ4n) is 1.71. The standard InChI is InChI=1S/C13H13ClN4/c1-9-3-12(13(14)17-6-9)16-7-10-4-11(5-15)18(2)8-10/h3-4,6,8,16H,7H2,1-2H3. The minimum absolute atomic E-state index is 0.456. The van der Waals surface area contributed by atoms with Gasteiger partial charge in [0, 0.05) is 26.0 Å². The molecule has 0 radical (unpaired) electrons. The van der Waals surface area contributed by atoms with E-state index in [1.54, 1.807) is 10.8 Å². The zero-order valence-electron chi connectivity index (χ0n) is 10.2. The number of nitriles is 1. The second-order valence-corrected chi connectivity index (χ2v) is 4.52. The summed E-state index contributed by atoms with van der Waals surface area (Å²) in [5.74, 6) is 0. The number of nitrogens with one attached hydrogen (secondary N) is 1. The Morgan fingerprint density at radius 3 is 2.94 bits per heavy atom. The van der Waals surface area contributed by atoms with Crippen LogP contribution in [0.15, 0.2) is 24.5 Å². The predicted molar refractivity (Wildman–Crippen MR) is 71.4 cm³/mol. The van der Waals surface area contributed by atoms with E-state index < -0.39 is 0 Å². The molecule has 0 bridgehead atoms. The normalized spacial score (nSPS) is 10.1. The fourth-order valence-corrected chi connectivity index (χ4v) is 1.88. The number of halogens is 1. The van der Waals surface area contributed by atoms with E-state index in [0.717, 1.165) is 16.8 Å². The van der Waals surface area contributed by atoms with Gasteiger partial charge in [-0.2, -0.15) is 5.26 Å². The maximum absolute atomic E-state index is 8.88. The Kier molecular flexibility index (Phi) is 3.54. The Morgan fingerprint density at radius 2 is 2.28 bits per heavy atom. The molecule has 5 heteroatoms. The Balaban J connectivity index is 2.11. The van der Waals surface area contributed by atoms with Crippen molar-refractivity contribution >= 4 is 17.3 Å². The highest BCUT2D eigenvalue weighted by Crippen LogP contribution is 2.20. The SMILES string of the molecule is Cc1cnc(Cl)c(NCc2cc(C#N)n(C)c2)c1. The zero-order chi connectivity index (χ0) is 13.1. The second-order valence-electron chi connectivity index (χ2n) is 4.16. The number of anilines is 1. The lowest BCUT2D eigenvalue weighted by Gasteiger charge is -2.07. The summed E-state index contributed by atoms with van der Waals surface area (Å²) in [6.07, 6.45) is 3.65. The maximum atomic E-state index is 8.88. The Morgan fingerprint density at radius 1 is 1.50 bits per heavy atom. The molecule has 0 atom stereocenters. The van der Waals surface area contributed by atoms with Gasteiger partial charge >= 0.3 is 0 Å². The monoisotopic (exact) mass is 260 g/mol. The molecule has 2 aromatic rings. The molecule has 0 aliphatic heterocycles. The van der Waals surface area contributed by atoms with Crippen molar-refractivity contribution in [3.05, 3.63) is 46.5 Å². The molecule has 0 fully saturated rings. The molecule has 92 valence electrons. The summed E-state index contributed by atoms with van der Waals surface area (Å²) in [6.45, 7) is 2.57. The van der Waals surface area contributed by atoms with Crippen LogP contribution in [0.2, 0.25) is 5.15 Å². The summed E-state index contributed by atoms with van der Waals surface area (Å²) in [7, 11) is 1.85. The van der Waals surface area contributed by atoms with Crippen LogP contribution in [0.3, 0.4) is 0 Å². The van der Waals surface area contributed by atoms with Crippen LogP contribution < -0.4 is 5.32 Å². The van der Waals surface area contributed by atoms with Crippen LogP contribution in [-0.2, 0) is 13.6 Å². The van der Waals surface area contributed by atoms with Gasteiger partial charge < -0.3 is 9.88 Å². The Bertz CT molecular complexity index is 610. The number of pyridine rings is 1. The van der Waals surface area contributed by atoms with Gasteiger partial charge in [0.25, 0.3) is 0 Å². The zero-order valence-corrected chi connectivity index (χ0v) is 11.0. The van der Waals surface area contributed by atoms with Crippen molar-refractivity contribution in [2.24, 2.45) is 7.05 Å². The number of hydrogen-bond acceptors (Lipinski definition) is 3. The molecular formula is C13H13ClN4. The molecule has 2 aromatic heterocycles. The minimum atomic E-state index is 0.456. The summed E-state index contributed by atoms with van der Waals surface area (Å²) < 4.78 is 1.80. The van der Waals surface area contributed by atoms with Gasteiger partial charge in [-0.1, -0.05) is 11.6 Å². The van der Waals surface area contributed by atoms with E-state index in [1.165, 1.54) is 0 Å². The minimum Gasteiger partial charge on any atom is -0.378 e. The van der Waals surface area contributed by atoms with E-state index in [2.05, 4.69) is 16.4 Å². The third-order valence-corrected chi connectivity index (χ3v) is 2.94. The molecule has 0 aliphatic rings. The number of rotatable bonds is 3. The largest absolute Gasteiger partial charge is 0.378 e. The molecular weight excluding hydrogens is 248 g/mol. The van der Waals surface area contributed by atoms with Crippen molar-refractivity contribution in [2.45, 2.75) is 13.5 Å². The summed E-state index contributed by atoms with van der Waals surface area (Å²) in [6, 6.07) is 5.93. The average molecular weight is 261 g/mol. The van der Waals surface area contributed by atoms with Crippen LogP contribution >= 0.6 is 11.6 Å². The predicted octanol–water partition coefficient (Wildman–Crippen LogP) is 2.87. The molecule has 0 aromatic carbocycles. The number of aryl methyl sites for hydroxylation is 2. The number of hydrogen-bond donors (Lipinski definition) is 1. The first-order valence-electron chi connectivity index (χ1n) is 5.51. The summed E-state index contributed by atoms with van der Waals surface area (Å²) in [5.41, 5.74) is 3.53. The molecule has 0 unspecified atom stereocenters. The molecule has 1 N–H and O–H groups in total. The highest BCUT2D eigenvalue weighted by Gasteiger charge is 2.04. The lowest BCUT2D eigenvalue weighted by molar-refractivity contribution is 0.902. The van der Waals surface area contributed by atoms with Crippen molar-refractivity contribution in [1.29, 1.82) is 5.26 Å². The smallest absolute Gasteiger partial charge is 0.152 e. The second kappa shape index (κ2) is 5.11. The van der Waals surface area contributed by atoms with Crippen molar-refractivity contribution in [3.8, 4) is 6.07 Å². The van der Waals surface area contributed by atoms with E-state index in [4.69, 9.17) is 16.9 Å². The molecule has 2 rings (SSSR count). The van der Waals surface area contributed by atoms with Gasteiger partial charge in [-0.3, -0.25) is 0 Å². The lowest BCUT2D eigenvalue weighted by atomic mass is 10.2. The molecule has 0 saturated carbocycles. The van der Waals surface area contributed by atoms with Crippen LogP contribution in [0.5, 0.6) is 0 Å². The Labute approximate surface area is 111 Å². The van der Waals surface area contributed by atoms with Gasteiger partial charge in [-0.05, 0) is 30.2 Å². The lowest BCUT2D eigenvalue weighted by Crippen LogP contribution is -2.00. The topological polar surface area (TPSA) is 53.6 Å². The van der Waals surface area contributed by atoms with Crippen molar-refractivity contribution in [1.82, 2.24) is 9.55 Å². The molecule has 2 heterocycles. The van der Waals surface area contributed by atoms with Crippen LogP contribution in [0.25, 0.3) is 0 Å². The van der Waals surface area contributed by atoms with Crippen LogP contribution in [0.4, 0.5) is 5.69 Å². The van der Waals surface area contributed by atoms with E-state index in [-0.39, 0.29) is 0 Å². The maximum Gasteiger partial charge on any atom is 0.152 e. The van der Waals surface area contributed by atoms with Gasteiger partial charge in [-0.15, -0.1) is 0 Å². The molecule has 0 amide bonds. The first kappa shape index (κ1) is 12.5. The quantitative estimate of drug-likeness (QED) is 0.864. The summed E-state index contributed by atoms with van der Waals surface area (Å²) in [4.78, 5) is 4.08. The van der Waals surface area contributed by atoms with E-state index in [9.17, 15) is 0 Å². The fraction of sp³-hybridized carbons (Fsp3) is 0.231. The van der Waals surface area contributed by atoms with Gasteiger partial charge in [0.2, 0.25) is 0 Å². The number of nitrogens with zero attached hydrogens (tertiary/aromatic N) is 3. The van der Waals surface area contributed by atoms with Gasteiger partial charge in [0.15, 0.2) is 5.15 Å². The molecule has 4 nitrogen and oxygen atoms in total. The molecule has 18 heavy (non-hydrogen) atoms. The van der Waals surface area contributed by atoms with E-state index in [0.29, 0.717) is 17.4 Å². The van der Waals surface area contributed by atoms with E-state index >= 15 is 0 Å². The van der Waals surface area contributed by atoms with Crippen molar-refractivity contribution < 1.29 is 0 Å². The van der Waals surface area contributed by atoms with Gasteiger partial charge in [0.1, 0.15) is 11.8 Å². The first-order valence-corrected chi connectivity index (χ1v) is 5.89. The summed E-state index contributed by atoms with van der Waals surface area (Å²) >= 11 is 6.00. The average Bonchev–Trinajstić information content (AvgIpc) is 2.71. The summed E-state index contributed by atoms with van der Waals surface area (Å²) in [5, 5.41) is 12.5. The first-order chi connectivity index (χ1) is 8.60. The highest BCUT2D eigenvalue weighted by atomic mass is 35.5. The van der Waals surface area contributed by atoms with Crippen LogP contribution in [-0.4, -0.2) is 9.55 Å². The third-order valence-electron chi connectivity index (χ3n) is 2.63. The van der Waals surface area contributed by atoms with Crippen LogP contribution in [0, 0.1) is 18.3 Å². The van der Waals surface area contributed by atoms with Gasteiger partial charge in [0.05, 0.1) is 5.69 Å². The molecule has 0 aliphatic carbocycles.